The van der Waals surface area contributed by atoms with Crippen LogP contribution in [0.3, 0.4) is 0 Å². The van der Waals surface area contributed by atoms with Crippen molar-refractivity contribution >= 4 is 11.5 Å². The summed E-state index contributed by atoms with van der Waals surface area (Å²) >= 11 is 0. The molecule has 8 nitrogen and oxygen atoms in total. The summed E-state index contributed by atoms with van der Waals surface area (Å²) in [6.45, 7) is 0. The monoisotopic (exact) mass is 336 g/mol. The van der Waals surface area contributed by atoms with Crippen molar-refractivity contribution in [2.24, 2.45) is 5.92 Å². The van der Waals surface area contributed by atoms with Gasteiger partial charge in [0.05, 0.1) is 16.7 Å². The highest BCUT2D eigenvalue weighted by molar-refractivity contribution is 5.78. The molecule has 1 aliphatic carbocycles. The molecule has 8 heteroatoms. The third-order valence-electron chi connectivity index (χ3n) is 4.29. The zero-order chi connectivity index (χ0) is 17.4. The Bertz CT molecular complexity index is 931. The average Bonchev–Trinajstić information content (AvgIpc) is 3.27. The fraction of sp³-hybridized carbons (Fsp3) is 0.235. The lowest BCUT2D eigenvalue weighted by Gasteiger charge is -2.03. The van der Waals surface area contributed by atoms with Gasteiger partial charge in [0.2, 0.25) is 5.82 Å². The quantitative estimate of drug-likeness (QED) is 0.566. The smallest absolute Gasteiger partial charge is 0.319 e. The van der Waals surface area contributed by atoms with Gasteiger partial charge in [0.15, 0.2) is 5.82 Å². The summed E-state index contributed by atoms with van der Waals surface area (Å²) in [4.78, 5) is 19.0. The SMILES string of the molecule is Nc1nccc(-c2cnn(-c3ccc(CC4CC4)cn3)c2)c1[N+](=O)[O-]. The zero-order valence-corrected chi connectivity index (χ0v) is 13.4. The van der Waals surface area contributed by atoms with Gasteiger partial charge in [-0.25, -0.2) is 14.6 Å². The van der Waals surface area contributed by atoms with Crippen LogP contribution in [0.15, 0.2) is 43.0 Å². The van der Waals surface area contributed by atoms with E-state index >= 15 is 0 Å². The first-order chi connectivity index (χ1) is 12.1. The Hall–Kier alpha value is -3.29. The molecule has 3 heterocycles. The normalized spacial score (nSPS) is 13.8. The summed E-state index contributed by atoms with van der Waals surface area (Å²) in [7, 11) is 0. The van der Waals surface area contributed by atoms with Gasteiger partial charge in [-0.3, -0.25) is 10.1 Å². The highest BCUT2D eigenvalue weighted by Crippen LogP contribution is 2.34. The van der Waals surface area contributed by atoms with Gasteiger partial charge in [-0.15, -0.1) is 0 Å². The number of nitrogen functional groups attached to an aromatic ring is 1. The molecule has 1 saturated carbocycles. The number of nitrogens with zero attached hydrogens (tertiary/aromatic N) is 5. The van der Waals surface area contributed by atoms with E-state index < -0.39 is 4.92 Å². The summed E-state index contributed by atoms with van der Waals surface area (Å²) in [5.41, 5.74) is 7.62. The topological polar surface area (TPSA) is 113 Å². The van der Waals surface area contributed by atoms with E-state index in [0.29, 0.717) is 16.9 Å². The first-order valence-electron chi connectivity index (χ1n) is 8.01. The number of anilines is 1. The van der Waals surface area contributed by atoms with E-state index in [1.54, 1.807) is 23.1 Å². The van der Waals surface area contributed by atoms with Crippen molar-refractivity contribution in [2.45, 2.75) is 19.3 Å². The minimum Gasteiger partial charge on any atom is -0.378 e. The molecule has 0 saturated heterocycles. The van der Waals surface area contributed by atoms with Gasteiger partial charge in [-0.1, -0.05) is 6.07 Å². The third-order valence-corrected chi connectivity index (χ3v) is 4.29. The van der Waals surface area contributed by atoms with Crippen LogP contribution in [0.25, 0.3) is 16.9 Å². The van der Waals surface area contributed by atoms with Gasteiger partial charge in [-0.05, 0) is 42.9 Å². The first-order valence-corrected chi connectivity index (χ1v) is 8.01. The summed E-state index contributed by atoms with van der Waals surface area (Å²) in [6, 6.07) is 5.51. The minimum absolute atomic E-state index is 0.113. The molecule has 0 bridgehead atoms. The van der Waals surface area contributed by atoms with Gasteiger partial charge in [-0.2, -0.15) is 5.10 Å². The number of pyridine rings is 2. The maximum Gasteiger partial charge on any atom is 0.319 e. The van der Waals surface area contributed by atoms with E-state index in [9.17, 15) is 10.1 Å². The van der Waals surface area contributed by atoms with Crippen LogP contribution in [0.5, 0.6) is 0 Å². The van der Waals surface area contributed by atoms with E-state index in [2.05, 4.69) is 21.1 Å². The number of hydrogen-bond donors (Lipinski definition) is 1. The highest BCUT2D eigenvalue weighted by Gasteiger charge is 2.22. The molecule has 0 atom stereocenters. The van der Waals surface area contributed by atoms with Crippen LogP contribution in [0.2, 0.25) is 0 Å². The standard InChI is InChI=1S/C17H16N6O2/c18-17-16(23(24)25)14(5-6-19-17)13-9-21-22(10-13)15-4-3-12(8-20-15)7-11-1-2-11/h3-6,8-11H,1-2,7H2,(H2,18,19). The van der Waals surface area contributed by atoms with E-state index in [1.807, 2.05) is 12.3 Å². The lowest BCUT2D eigenvalue weighted by Crippen LogP contribution is -2.00. The molecular formula is C17H16N6O2. The van der Waals surface area contributed by atoms with Gasteiger partial charge < -0.3 is 5.73 Å². The summed E-state index contributed by atoms with van der Waals surface area (Å²) in [6.07, 6.45) is 10.2. The molecule has 4 rings (SSSR count). The molecule has 0 unspecified atom stereocenters. The molecule has 0 amide bonds. The second-order valence-corrected chi connectivity index (χ2v) is 6.20. The molecule has 3 aromatic rings. The Morgan fingerprint density at radius 3 is 2.76 bits per heavy atom. The molecule has 1 aliphatic rings. The lowest BCUT2D eigenvalue weighted by atomic mass is 10.1. The van der Waals surface area contributed by atoms with Crippen molar-refractivity contribution in [3.63, 3.8) is 0 Å². The Morgan fingerprint density at radius 2 is 2.08 bits per heavy atom. The zero-order valence-electron chi connectivity index (χ0n) is 13.4. The molecule has 3 aromatic heterocycles. The van der Waals surface area contributed by atoms with Gasteiger partial charge >= 0.3 is 5.69 Å². The molecule has 2 N–H and O–H groups in total. The molecule has 0 aromatic carbocycles. The summed E-state index contributed by atoms with van der Waals surface area (Å²) < 4.78 is 1.59. The molecule has 0 aliphatic heterocycles. The van der Waals surface area contributed by atoms with Crippen molar-refractivity contribution in [3.05, 3.63) is 58.7 Å². The van der Waals surface area contributed by atoms with E-state index in [4.69, 9.17) is 5.73 Å². The summed E-state index contributed by atoms with van der Waals surface area (Å²) in [5.74, 6) is 1.36. The van der Waals surface area contributed by atoms with Crippen molar-refractivity contribution < 1.29 is 4.92 Å². The predicted octanol–water partition coefficient (Wildman–Crippen LogP) is 2.77. The Labute approximate surface area is 143 Å². The van der Waals surface area contributed by atoms with Gasteiger partial charge in [0, 0.05) is 24.2 Å². The molecule has 25 heavy (non-hydrogen) atoms. The van der Waals surface area contributed by atoms with E-state index in [1.165, 1.54) is 24.6 Å². The number of nitro groups is 1. The van der Waals surface area contributed by atoms with E-state index in [0.717, 1.165) is 12.3 Å². The van der Waals surface area contributed by atoms with Crippen LogP contribution in [0.1, 0.15) is 18.4 Å². The second-order valence-electron chi connectivity index (χ2n) is 6.20. The van der Waals surface area contributed by atoms with Crippen LogP contribution in [-0.4, -0.2) is 24.7 Å². The maximum absolute atomic E-state index is 11.3. The van der Waals surface area contributed by atoms with E-state index in [-0.39, 0.29) is 11.5 Å². The van der Waals surface area contributed by atoms with Gasteiger partial charge in [0.25, 0.3) is 0 Å². The molecule has 0 spiro atoms. The van der Waals surface area contributed by atoms with Crippen molar-refractivity contribution in [3.8, 4) is 16.9 Å². The van der Waals surface area contributed by atoms with Crippen LogP contribution < -0.4 is 5.73 Å². The Morgan fingerprint density at radius 1 is 1.24 bits per heavy atom. The molecule has 0 radical (unpaired) electrons. The highest BCUT2D eigenvalue weighted by atomic mass is 16.6. The maximum atomic E-state index is 11.3. The van der Waals surface area contributed by atoms with Crippen LogP contribution in [0.4, 0.5) is 11.5 Å². The fourth-order valence-corrected chi connectivity index (χ4v) is 2.81. The third kappa shape index (κ3) is 3.06. The lowest BCUT2D eigenvalue weighted by molar-refractivity contribution is -0.383. The van der Waals surface area contributed by atoms with Crippen molar-refractivity contribution in [2.75, 3.05) is 5.73 Å². The van der Waals surface area contributed by atoms with Crippen LogP contribution in [0, 0.1) is 16.0 Å². The first kappa shape index (κ1) is 15.3. The minimum atomic E-state index is -0.528. The molecular weight excluding hydrogens is 320 g/mol. The molecule has 126 valence electrons. The number of nitrogens with two attached hydrogens (primary N) is 1. The Kier molecular flexibility index (Phi) is 3.64. The fourth-order valence-electron chi connectivity index (χ4n) is 2.81. The van der Waals surface area contributed by atoms with Crippen LogP contribution in [-0.2, 0) is 6.42 Å². The average molecular weight is 336 g/mol. The summed E-state index contributed by atoms with van der Waals surface area (Å²) in [5, 5.41) is 15.5. The van der Waals surface area contributed by atoms with Crippen LogP contribution >= 0.6 is 0 Å². The predicted molar refractivity (Wildman–Crippen MR) is 92.1 cm³/mol. The number of hydrogen-bond acceptors (Lipinski definition) is 6. The number of rotatable bonds is 5. The van der Waals surface area contributed by atoms with Gasteiger partial charge in [0.1, 0.15) is 0 Å². The van der Waals surface area contributed by atoms with Crippen molar-refractivity contribution in [1.82, 2.24) is 19.7 Å². The second kappa shape index (κ2) is 5.97. The molecule has 1 fully saturated rings. The Balaban J connectivity index is 1.64. The van der Waals surface area contributed by atoms with Crippen molar-refractivity contribution in [1.29, 1.82) is 0 Å². The largest absolute Gasteiger partial charge is 0.378 e. The number of aromatic nitrogens is 4.